The number of piperazine rings is 1. The quantitative estimate of drug-likeness (QED) is 0.0719. The number of ether oxygens (including phenoxy) is 1. The van der Waals surface area contributed by atoms with Gasteiger partial charge in [-0.3, -0.25) is 4.90 Å². The van der Waals surface area contributed by atoms with Crippen molar-refractivity contribution < 1.29 is 9.30 Å². The molecule has 8 aromatic carbocycles. The summed E-state index contributed by atoms with van der Waals surface area (Å²) in [5.41, 5.74) is 31.4. The summed E-state index contributed by atoms with van der Waals surface area (Å²) in [7, 11) is -0.735. The van der Waals surface area contributed by atoms with E-state index >= 15 is 0 Å². The van der Waals surface area contributed by atoms with Crippen LogP contribution in [0.25, 0.3) is 6.08 Å². The van der Waals surface area contributed by atoms with Crippen LogP contribution in [0.2, 0.25) is 0 Å². The zero-order chi connectivity index (χ0) is 83.7. The van der Waals surface area contributed by atoms with Crippen LogP contribution in [0.5, 0.6) is 5.75 Å². The Morgan fingerprint density at radius 3 is 1.58 bits per heavy atom. The molecule has 9 aromatic rings. The third kappa shape index (κ3) is 22.0. The summed E-state index contributed by atoms with van der Waals surface area (Å²) in [6, 6.07) is 60.0. The van der Waals surface area contributed by atoms with Gasteiger partial charge in [-0.1, -0.05) is 234 Å². The summed E-state index contributed by atoms with van der Waals surface area (Å²) in [6.45, 7) is 38.1. The minimum atomic E-state index is -2.46. The predicted molar refractivity (Wildman–Crippen MR) is 508 cm³/mol. The van der Waals surface area contributed by atoms with Gasteiger partial charge in [-0.25, -0.2) is 9.97 Å². The molecule has 1 aliphatic heterocycles. The minimum absolute atomic E-state index is 0.160. The first kappa shape index (κ1) is 87.5. The van der Waals surface area contributed by atoms with Gasteiger partial charge < -0.3 is 19.5 Å². The summed E-state index contributed by atoms with van der Waals surface area (Å²) >= 11 is 0. The summed E-state index contributed by atoms with van der Waals surface area (Å²) in [6.07, 6.45) is 38.1. The molecule has 7 aliphatic rings. The van der Waals surface area contributed by atoms with Crippen molar-refractivity contribution in [3.05, 3.63) is 281 Å². The molecule has 7 nitrogen and oxygen atoms in total. The molecule has 1 saturated heterocycles. The van der Waals surface area contributed by atoms with E-state index in [1.807, 2.05) is 24.3 Å². The van der Waals surface area contributed by atoms with Gasteiger partial charge in [-0.05, 0) is 340 Å². The van der Waals surface area contributed by atoms with Gasteiger partial charge in [0, 0.05) is 73.2 Å². The van der Waals surface area contributed by atoms with Gasteiger partial charge in [0.05, 0.1) is 18.5 Å². The van der Waals surface area contributed by atoms with Crippen LogP contribution < -0.4 is 20.3 Å². The van der Waals surface area contributed by atoms with Crippen molar-refractivity contribution in [2.75, 3.05) is 56.8 Å². The minimum Gasteiger partial charge on any atom is -0.496 e. The number of allylic oxidation sites excluding steroid dienone is 1. The smallest absolute Gasteiger partial charge is 0.141 e. The number of fused-ring (bicyclic) bond motifs is 2. The van der Waals surface area contributed by atoms with E-state index < -0.39 is 7.14 Å². The second-order valence-corrected chi connectivity index (χ2v) is 43.7. The van der Waals surface area contributed by atoms with E-state index in [-0.39, 0.29) is 10.8 Å². The largest absolute Gasteiger partial charge is 0.496 e. The Hall–Kier alpha value is -7.83. The fourth-order valence-corrected chi connectivity index (χ4v) is 23.2. The summed E-state index contributed by atoms with van der Waals surface area (Å²) < 4.78 is 18.7. The maximum Gasteiger partial charge on any atom is 0.141 e. The molecule has 0 radical (unpaired) electrons. The number of para-hydroxylation sites is 1. The van der Waals surface area contributed by atoms with Gasteiger partial charge in [0.15, 0.2) is 0 Å². The van der Waals surface area contributed by atoms with E-state index in [0.717, 1.165) is 157 Å². The van der Waals surface area contributed by atoms with E-state index in [1.165, 1.54) is 189 Å². The highest BCUT2D eigenvalue weighted by Gasteiger charge is 2.35. The van der Waals surface area contributed by atoms with Gasteiger partial charge in [0.25, 0.3) is 0 Å². The lowest BCUT2D eigenvalue weighted by Gasteiger charge is -2.38. The molecule has 0 bridgehead atoms. The van der Waals surface area contributed by atoms with Crippen LogP contribution in [-0.2, 0) is 73.2 Å². The van der Waals surface area contributed by atoms with Crippen LogP contribution in [0, 0.1) is 49.4 Å². The molecule has 8 heteroatoms. The van der Waals surface area contributed by atoms with Crippen LogP contribution in [-0.4, -0.2) is 67.5 Å². The van der Waals surface area contributed by atoms with Gasteiger partial charge in [-0.2, -0.15) is 0 Å². The fraction of sp³-hybridized carbons (Fsp3) is 0.514. The van der Waals surface area contributed by atoms with E-state index in [0.29, 0.717) is 12.5 Å². The Bertz CT molecular complexity index is 4980. The summed E-state index contributed by atoms with van der Waals surface area (Å²) in [4.78, 5) is 14.8. The monoisotopic (exact) mass is 1610 g/mol. The maximum absolute atomic E-state index is 12.9. The number of aryl methyl sites for hydroxylation is 3. The number of aromatic nitrogens is 2. The number of benzene rings is 8. The van der Waals surface area contributed by atoms with Crippen molar-refractivity contribution in [3.63, 3.8) is 0 Å². The van der Waals surface area contributed by atoms with Gasteiger partial charge in [0.1, 0.15) is 24.5 Å². The van der Waals surface area contributed by atoms with Crippen LogP contribution >= 0.6 is 7.14 Å². The second kappa shape index (κ2) is 39.1. The van der Waals surface area contributed by atoms with Crippen molar-refractivity contribution in [2.45, 2.75) is 286 Å². The predicted octanol–water partition coefficient (Wildman–Crippen LogP) is 27.4. The first-order chi connectivity index (χ1) is 57.2. The third-order valence-electron chi connectivity index (χ3n) is 29.4. The lowest BCUT2D eigenvalue weighted by molar-refractivity contribution is 0.165. The molecule has 0 spiro atoms. The van der Waals surface area contributed by atoms with E-state index in [4.69, 9.17) is 14.7 Å². The molecule has 5 fully saturated rings. The first-order valence-electron chi connectivity index (χ1n) is 46.9. The molecule has 16 rings (SSSR count). The normalized spacial score (nSPS) is 21.5. The zero-order valence-electron chi connectivity index (χ0n) is 76.1. The number of anilines is 3. The second-order valence-electron chi connectivity index (χ2n) is 40.6. The van der Waals surface area contributed by atoms with E-state index in [9.17, 15) is 4.57 Å². The van der Waals surface area contributed by atoms with Crippen LogP contribution in [0.4, 0.5) is 17.2 Å². The Labute approximate surface area is 720 Å². The molecule has 2 heterocycles. The lowest BCUT2D eigenvalue weighted by atomic mass is 9.68. The number of nitrogens with one attached hydrogen (secondary N) is 1. The number of methoxy groups -OCH3 is 1. The molecule has 632 valence electrons. The summed E-state index contributed by atoms with van der Waals surface area (Å²) in [5, 5.41) is 4.30. The number of rotatable bonds is 21. The van der Waals surface area contributed by atoms with Gasteiger partial charge in [-0.15, -0.1) is 0 Å². The fourth-order valence-electron chi connectivity index (χ4n) is 22.1. The van der Waals surface area contributed by atoms with Gasteiger partial charge >= 0.3 is 0 Å². The Balaban J connectivity index is 0.000000147. The summed E-state index contributed by atoms with van der Waals surface area (Å²) in [5.74, 6) is 9.92. The molecule has 0 amide bonds. The molecular formula is C111H146N5O2P. The Morgan fingerprint density at radius 1 is 0.504 bits per heavy atom. The van der Waals surface area contributed by atoms with E-state index in [2.05, 4.69) is 251 Å². The van der Waals surface area contributed by atoms with Crippen molar-refractivity contribution in [1.82, 2.24) is 14.9 Å². The molecule has 0 unspecified atom stereocenters. The SMILES string of the molecule is CCc1cc(C2CCC(C3CCC(C)CC3)CC2)ccc1Cc1ccc(C)c(Cc2ccccc2C(C)(C)C)c1.COc1cc(N2CCN(C(C)C)CC2)ccc1Cc1nc2c(c(Nc3ccccc3P(C)(C)=O)n1)C=CC2.Cc1ccc(Cc2ccc(C3CCC(C4CCC(C)CC4)CC3)c3c2CCC3)cc1Cc1ccccc1C(C)(C)C. The van der Waals surface area contributed by atoms with Crippen LogP contribution in [0.1, 0.15) is 314 Å². The molecular weight excluding hydrogens is 1470 g/mol. The van der Waals surface area contributed by atoms with Crippen molar-refractivity contribution in [1.29, 1.82) is 0 Å². The molecule has 119 heavy (non-hydrogen) atoms. The van der Waals surface area contributed by atoms with Crippen molar-refractivity contribution in [3.8, 4) is 5.75 Å². The van der Waals surface area contributed by atoms with Crippen LogP contribution in [0.15, 0.2) is 164 Å². The maximum atomic E-state index is 12.9. The van der Waals surface area contributed by atoms with E-state index in [1.54, 1.807) is 53.8 Å². The van der Waals surface area contributed by atoms with Crippen molar-refractivity contribution >= 4 is 35.7 Å². The number of nitrogens with zero attached hydrogens (tertiary/aromatic N) is 4. The third-order valence-corrected chi connectivity index (χ3v) is 31.0. The lowest BCUT2D eigenvalue weighted by Crippen LogP contribution is -2.48. The standard InChI is InChI=1S/C41H54.C40H54.C30H38N5O2P/c1-28-13-17-31(18-14-28)32-19-21-33(22-20-32)38-24-23-34(37-10-8-11-39(37)38)25-30-16-15-29(2)36(26-30)27-35-9-6-7-12-40(35)41(3,4)5;1-7-31-26-36(34-20-18-33(19-21-34)32-16-12-28(2)13-17-32)23-22-35(31)24-30-15-14-29(3)38(25-30)27-37-10-8-9-11-39(37)40(4,5)6;1-21(2)34-15-17-35(18-16-34)23-14-13-22(27(20-23)37-3)19-29-31-25-11-8-9-24(25)30(33-29)32-26-10-6-7-12-28(26)38(4,5)36/h6-7,9,12,15-16,23-24,26,28,31-33H,8,10-11,13-14,17-22,25,27H2,1-5H3;8-11,14-15,22-23,25-26,28,32-34H,7,12-13,16-21,24,27H2,1-6H3;6-10,12-14,20-21H,11,15-19H2,1-5H3,(H,31,32,33). The molecule has 1 aromatic heterocycles. The molecule has 6 aliphatic carbocycles. The number of hydrogen-bond donors (Lipinski definition) is 1. The highest BCUT2D eigenvalue weighted by molar-refractivity contribution is 7.70. The Morgan fingerprint density at radius 2 is 1.03 bits per heavy atom. The molecule has 1 N–H and O–H groups in total. The molecule has 0 atom stereocenters. The molecule has 4 saturated carbocycles. The average Bonchev–Trinajstić information content (AvgIpc) is 1.72. The van der Waals surface area contributed by atoms with Gasteiger partial charge in [0.2, 0.25) is 0 Å². The highest BCUT2D eigenvalue weighted by Crippen LogP contribution is 2.49. The van der Waals surface area contributed by atoms with Crippen molar-refractivity contribution in [2.24, 2.45) is 35.5 Å². The highest BCUT2D eigenvalue weighted by atomic mass is 31.2. The van der Waals surface area contributed by atoms with Crippen LogP contribution in [0.3, 0.4) is 0 Å². The average molecular weight is 1610 g/mol. The topological polar surface area (TPSA) is 70.6 Å². The first-order valence-corrected chi connectivity index (χ1v) is 49.5. The zero-order valence-corrected chi connectivity index (χ0v) is 77.0. The number of hydrogen-bond acceptors (Lipinski definition) is 7. The Kier molecular flexibility index (Phi) is 28.8.